The molecule has 0 fully saturated rings. The van der Waals surface area contributed by atoms with Crippen molar-refractivity contribution in [2.75, 3.05) is 12.3 Å². The summed E-state index contributed by atoms with van der Waals surface area (Å²) >= 11 is 0. The van der Waals surface area contributed by atoms with Crippen LogP contribution in [0.2, 0.25) is 0 Å². The third kappa shape index (κ3) is 2.89. The summed E-state index contributed by atoms with van der Waals surface area (Å²) in [6, 6.07) is 1.61. The lowest BCUT2D eigenvalue weighted by atomic mass is 10.0. The highest BCUT2D eigenvalue weighted by Crippen LogP contribution is 2.22. The number of anilines is 1. The molecular weight excluding hydrogens is 192 g/mol. The Balaban J connectivity index is 2.87. The molecule has 0 aliphatic rings. The molecule has 1 heterocycles. The van der Waals surface area contributed by atoms with Crippen LogP contribution in [0.15, 0.2) is 18.5 Å². The fourth-order valence-electron chi connectivity index (χ4n) is 1.51. The highest BCUT2D eigenvalue weighted by atomic mass is 16.5. The van der Waals surface area contributed by atoms with Crippen molar-refractivity contribution in [3.8, 4) is 0 Å². The minimum Gasteiger partial charge on any atom is -0.398 e. The molecule has 0 saturated carbocycles. The number of pyridine rings is 1. The molecule has 0 spiro atoms. The number of hydrogen-bond donors (Lipinski definition) is 3. The second-order valence-electron chi connectivity index (χ2n) is 3.31. The van der Waals surface area contributed by atoms with Gasteiger partial charge < -0.3 is 10.5 Å². The molecule has 0 aliphatic heterocycles. The summed E-state index contributed by atoms with van der Waals surface area (Å²) < 4.78 is 5.48. The summed E-state index contributed by atoms with van der Waals surface area (Å²) in [5, 5.41) is 0. The molecule has 5 nitrogen and oxygen atoms in total. The highest BCUT2D eigenvalue weighted by Gasteiger charge is 2.20. The largest absolute Gasteiger partial charge is 0.398 e. The molecule has 84 valence electrons. The van der Waals surface area contributed by atoms with Crippen LogP contribution in [-0.2, 0) is 4.74 Å². The Labute approximate surface area is 89.8 Å². The lowest BCUT2D eigenvalue weighted by molar-refractivity contribution is 0.0473. The van der Waals surface area contributed by atoms with Gasteiger partial charge in [-0.15, -0.1) is 0 Å². The first kappa shape index (κ1) is 11.9. The van der Waals surface area contributed by atoms with Crippen molar-refractivity contribution in [2.45, 2.75) is 26.0 Å². The van der Waals surface area contributed by atoms with Gasteiger partial charge in [0.05, 0.1) is 12.1 Å². The Kier molecular flexibility index (Phi) is 4.48. The molecule has 0 aromatic carbocycles. The van der Waals surface area contributed by atoms with E-state index >= 15 is 0 Å². The van der Waals surface area contributed by atoms with Gasteiger partial charge in [0.1, 0.15) is 0 Å². The standard InChI is InChI=1S/C10H18N4O/c1-3-15-7(2)10(14-12)8-6-13-5-4-9(8)11/h4-7,10,14H,3,12H2,1-2H3,(H2,11,13). The van der Waals surface area contributed by atoms with E-state index in [9.17, 15) is 0 Å². The topological polar surface area (TPSA) is 86.2 Å². The quantitative estimate of drug-likeness (QED) is 0.489. The van der Waals surface area contributed by atoms with Gasteiger partial charge in [-0.1, -0.05) is 0 Å². The van der Waals surface area contributed by atoms with Crippen LogP contribution in [0.1, 0.15) is 25.5 Å². The van der Waals surface area contributed by atoms with Gasteiger partial charge in [-0.25, -0.2) is 0 Å². The maximum atomic E-state index is 5.84. The first-order valence-corrected chi connectivity index (χ1v) is 4.97. The monoisotopic (exact) mass is 210 g/mol. The molecule has 0 bridgehead atoms. The summed E-state index contributed by atoms with van der Waals surface area (Å²) in [6.45, 7) is 4.52. The Bertz CT molecular complexity index is 305. The lowest BCUT2D eigenvalue weighted by Gasteiger charge is -2.24. The van der Waals surface area contributed by atoms with E-state index in [1.807, 2.05) is 13.8 Å². The molecular formula is C10H18N4O. The van der Waals surface area contributed by atoms with Crippen LogP contribution in [0.3, 0.4) is 0 Å². The fraction of sp³-hybridized carbons (Fsp3) is 0.500. The molecule has 5 N–H and O–H groups in total. The highest BCUT2D eigenvalue weighted by molar-refractivity contribution is 5.46. The maximum Gasteiger partial charge on any atom is 0.0755 e. The van der Waals surface area contributed by atoms with Crippen LogP contribution in [0.5, 0.6) is 0 Å². The summed E-state index contributed by atoms with van der Waals surface area (Å²) in [5.74, 6) is 5.49. The normalized spacial score (nSPS) is 14.9. The van der Waals surface area contributed by atoms with Gasteiger partial charge in [0.25, 0.3) is 0 Å². The minimum absolute atomic E-state index is 0.0495. The average Bonchev–Trinajstić information content (AvgIpc) is 2.22. The number of nitrogens with two attached hydrogens (primary N) is 2. The second-order valence-corrected chi connectivity index (χ2v) is 3.31. The summed E-state index contributed by atoms with van der Waals surface area (Å²) in [7, 11) is 0. The van der Waals surface area contributed by atoms with Crippen LogP contribution >= 0.6 is 0 Å². The minimum atomic E-state index is -0.140. The molecule has 2 unspecified atom stereocenters. The lowest BCUT2D eigenvalue weighted by Crippen LogP contribution is -2.37. The van der Waals surface area contributed by atoms with Gasteiger partial charge in [0.15, 0.2) is 0 Å². The molecule has 0 saturated heterocycles. The number of rotatable bonds is 5. The third-order valence-electron chi connectivity index (χ3n) is 2.30. The van der Waals surface area contributed by atoms with E-state index in [0.29, 0.717) is 12.3 Å². The molecule has 5 heteroatoms. The second kappa shape index (κ2) is 5.65. The van der Waals surface area contributed by atoms with E-state index in [2.05, 4.69) is 10.4 Å². The first-order valence-electron chi connectivity index (χ1n) is 4.97. The molecule has 15 heavy (non-hydrogen) atoms. The Morgan fingerprint density at radius 2 is 2.33 bits per heavy atom. The zero-order valence-corrected chi connectivity index (χ0v) is 9.10. The molecule has 0 aliphatic carbocycles. The zero-order valence-electron chi connectivity index (χ0n) is 9.10. The Hall–Kier alpha value is -1.17. The summed E-state index contributed by atoms with van der Waals surface area (Å²) in [4.78, 5) is 4.03. The molecule has 2 atom stereocenters. The Morgan fingerprint density at radius 1 is 1.60 bits per heavy atom. The average molecular weight is 210 g/mol. The van der Waals surface area contributed by atoms with Gasteiger partial charge >= 0.3 is 0 Å². The number of ether oxygens (including phenoxy) is 1. The predicted molar refractivity (Wildman–Crippen MR) is 59.8 cm³/mol. The maximum absolute atomic E-state index is 5.84. The molecule has 0 radical (unpaired) electrons. The zero-order chi connectivity index (χ0) is 11.3. The first-order chi connectivity index (χ1) is 7.20. The van der Waals surface area contributed by atoms with Crippen molar-refractivity contribution >= 4 is 5.69 Å². The van der Waals surface area contributed by atoms with Gasteiger partial charge in [-0.2, -0.15) is 0 Å². The van der Waals surface area contributed by atoms with Crippen molar-refractivity contribution in [1.82, 2.24) is 10.4 Å². The van der Waals surface area contributed by atoms with Gasteiger partial charge in [0, 0.05) is 30.3 Å². The van der Waals surface area contributed by atoms with E-state index < -0.39 is 0 Å². The van der Waals surface area contributed by atoms with Crippen LogP contribution in [0, 0.1) is 0 Å². The SMILES string of the molecule is CCOC(C)C(NN)c1cnccc1N. The van der Waals surface area contributed by atoms with Gasteiger partial charge in [-0.3, -0.25) is 16.3 Å². The molecule has 1 aromatic rings. The van der Waals surface area contributed by atoms with Crippen LogP contribution < -0.4 is 17.0 Å². The number of hydrazine groups is 1. The van der Waals surface area contributed by atoms with E-state index in [-0.39, 0.29) is 12.1 Å². The Morgan fingerprint density at radius 3 is 2.87 bits per heavy atom. The third-order valence-corrected chi connectivity index (χ3v) is 2.30. The van der Waals surface area contributed by atoms with Gasteiger partial charge in [-0.05, 0) is 19.9 Å². The van der Waals surface area contributed by atoms with E-state index in [1.165, 1.54) is 0 Å². The number of nitrogens with one attached hydrogen (secondary N) is 1. The molecule has 1 aromatic heterocycles. The van der Waals surface area contributed by atoms with Crippen molar-refractivity contribution in [1.29, 1.82) is 0 Å². The number of nitrogens with zero attached hydrogens (tertiary/aromatic N) is 1. The predicted octanol–water partition coefficient (Wildman–Crippen LogP) is 0.593. The van der Waals surface area contributed by atoms with E-state index in [1.54, 1.807) is 18.5 Å². The molecule has 0 amide bonds. The molecule has 1 rings (SSSR count). The van der Waals surface area contributed by atoms with Gasteiger partial charge in [0.2, 0.25) is 0 Å². The van der Waals surface area contributed by atoms with E-state index in [0.717, 1.165) is 5.56 Å². The fourth-order valence-corrected chi connectivity index (χ4v) is 1.51. The number of aromatic nitrogens is 1. The van der Waals surface area contributed by atoms with Crippen molar-refractivity contribution < 1.29 is 4.74 Å². The number of nitrogen functional groups attached to an aromatic ring is 1. The number of hydrogen-bond acceptors (Lipinski definition) is 5. The van der Waals surface area contributed by atoms with Crippen molar-refractivity contribution in [3.05, 3.63) is 24.0 Å². The van der Waals surface area contributed by atoms with Crippen LogP contribution in [-0.4, -0.2) is 17.7 Å². The smallest absolute Gasteiger partial charge is 0.0755 e. The van der Waals surface area contributed by atoms with Crippen molar-refractivity contribution in [3.63, 3.8) is 0 Å². The van der Waals surface area contributed by atoms with Crippen molar-refractivity contribution in [2.24, 2.45) is 5.84 Å². The summed E-state index contributed by atoms with van der Waals surface area (Å²) in [5.41, 5.74) is 10.1. The van der Waals surface area contributed by atoms with Crippen LogP contribution in [0.25, 0.3) is 0 Å². The summed E-state index contributed by atoms with van der Waals surface area (Å²) in [6.07, 6.45) is 3.30. The van der Waals surface area contributed by atoms with E-state index in [4.69, 9.17) is 16.3 Å². The van der Waals surface area contributed by atoms with Crippen LogP contribution in [0.4, 0.5) is 5.69 Å².